The van der Waals surface area contributed by atoms with Gasteiger partial charge in [-0.05, 0) is 44.4 Å². The number of hydrogen-bond acceptors (Lipinski definition) is 3. The van der Waals surface area contributed by atoms with Crippen molar-refractivity contribution in [3.05, 3.63) is 0 Å². The van der Waals surface area contributed by atoms with Crippen LogP contribution in [0.15, 0.2) is 0 Å². The zero-order chi connectivity index (χ0) is 12.0. The van der Waals surface area contributed by atoms with Gasteiger partial charge in [-0.2, -0.15) is 0 Å². The summed E-state index contributed by atoms with van der Waals surface area (Å²) in [6, 6.07) is 0. The zero-order valence-electron chi connectivity index (χ0n) is 10.9. The Labute approximate surface area is 97.9 Å². The van der Waals surface area contributed by atoms with E-state index >= 15 is 0 Å². The van der Waals surface area contributed by atoms with Gasteiger partial charge in [0.25, 0.3) is 0 Å². The Morgan fingerprint density at radius 1 is 1.31 bits per heavy atom. The number of nitrogens with one attached hydrogen (secondary N) is 1. The van der Waals surface area contributed by atoms with Crippen LogP contribution in [-0.2, 0) is 9.53 Å². The predicted octanol–water partition coefficient (Wildman–Crippen LogP) is 2.11. The lowest BCUT2D eigenvalue weighted by Crippen LogP contribution is -2.34. The average Bonchev–Trinajstić information content (AvgIpc) is 2.74. The molecule has 1 aliphatic heterocycles. The molecule has 2 rings (SSSR count). The average molecular weight is 225 g/mol. The maximum atomic E-state index is 11.9. The molecule has 2 fully saturated rings. The minimum atomic E-state index is -0.365. The number of rotatable bonds is 2. The van der Waals surface area contributed by atoms with Gasteiger partial charge < -0.3 is 10.1 Å². The Bertz CT molecular complexity index is 302. The molecule has 0 bridgehead atoms. The molecule has 1 heterocycles. The van der Waals surface area contributed by atoms with E-state index < -0.39 is 0 Å². The minimum Gasteiger partial charge on any atom is -0.460 e. The molecule has 1 N–H and O–H groups in total. The quantitative estimate of drug-likeness (QED) is 0.731. The number of ether oxygens (including phenoxy) is 1. The highest BCUT2D eigenvalue weighted by molar-refractivity contribution is 5.71. The molecular weight excluding hydrogens is 202 g/mol. The van der Waals surface area contributed by atoms with Crippen LogP contribution >= 0.6 is 0 Å². The van der Waals surface area contributed by atoms with Crippen LogP contribution in [0.2, 0.25) is 0 Å². The summed E-state index contributed by atoms with van der Waals surface area (Å²) in [7, 11) is 0. The van der Waals surface area contributed by atoms with Gasteiger partial charge in [0, 0.05) is 13.1 Å². The molecular formula is C13H23NO2. The van der Waals surface area contributed by atoms with Crippen molar-refractivity contribution in [1.29, 1.82) is 0 Å². The molecule has 1 aliphatic carbocycles. The lowest BCUT2D eigenvalue weighted by Gasteiger charge is -2.31. The summed E-state index contributed by atoms with van der Waals surface area (Å²) in [5.41, 5.74) is 0.134. The minimum absolute atomic E-state index is 0.0509. The first-order valence-electron chi connectivity index (χ1n) is 6.19. The normalized spacial score (nSPS) is 31.8. The lowest BCUT2D eigenvalue weighted by molar-refractivity contribution is -0.158. The summed E-state index contributed by atoms with van der Waals surface area (Å²) in [5.74, 6) is -0.0509. The van der Waals surface area contributed by atoms with Crippen molar-refractivity contribution >= 4 is 5.97 Å². The Kier molecular flexibility index (Phi) is 2.57. The monoisotopic (exact) mass is 225 g/mol. The van der Waals surface area contributed by atoms with E-state index in [2.05, 4.69) is 12.2 Å². The van der Waals surface area contributed by atoms with Crippen molar-refractivity contribution in [2.24, 2.45) is 10.8 Å². The van der Waals surface area contributed by atoms with E-state index in [1.54, 1.807) is 0 Å². The zero-order valence-corrected chi connectivity index (χ0v) is 10.9. The number of carbonyl (C=O) groups excluding carboxylic acids is 1. The van der Waals surface area contributed by atoms with Gasteiger partial charge >= 0.3 is 5.97 Å². The first-order chi connectivity index (χ1) is 7.27. The Balaban J connectivity index is 1.96. The van der Waals surface area contributed by atoms with Crippen molar-refractivity contribution in [3.63, 3.8) is 0 Å². The van der Waals surface area contributed by atoms with Crippen LogP contribution in [0.5, 0.6) is 0 Å². The van der Waals surface area contributed by atoms with E-state index in [-0.39, 0.29) is 17.0 Å². The Morgan fingerprint density at radius 3 is 2.44 bits per heavy atom. The van der Waals surface area contributed by atoms with Crippen molar-refractivity contribution < 1.29 is 9.53 Å². The van der Waals surface area contributed by atoms with Crippen LogP contribution in [0.1, 0.15) is 47.0 Å². The van der Waals surface area contributed by atoms with Gasteiger partial charge in [-0.15, -0.1) is 0 Å². The maximum Gasteiger partial charge on any atom is 0.306 e. The van der Waals surface area contributed by atoms with Crippen LogP contribution < -0.4 is 5.32 Å². The number of hydrogen-bond donors (Lipinski definition) is 1. The predicted molar refractivity (Wildman–Crippen MR) is 63.1 cm³/mol. The van der Waals surface area contributed by atoms with Crippen molar-refractivity contribution in [1.82, 2.24) is 5.32 Å². The SMILES string of the molecule is CC(C)(C)OC(=O)CC1(C)CNCC12CC2. The molecule has 0 aromatic carbocycles. The van der Waals surface area contributed by atoms with Crippen molar-refractivity contribution in [3.8, 4) is 0 Å². The van der Waals surface area contributed by atoms with Crippen LogP contribution in [0, 0.1) is 10.8 Å². The molecule has 1 unspecified atom stereocenters. The largest absolute Gasteiger partial charge is 0.460 e. The molecule has 1 saturated heterocycles. The summed E-state index contributed by atoms with van der Waals surface area (Å²) in [6.45, 7) is 10.0. The van der Waals surface area contributed by atoms with Gasteiger partial charge in [-0.1, -0.05) is 6.92 Å². The fourth-order valence-electron chi connectivity index (χ4n) is 2.86. The van der Waals surface area contributed by atoms with Gasteiger partial charge in [0.1, 0.15) is 5.60 Å². The molecule has 16 heavy (non-hydrogen) atoms. The molecule has 0 amide bonds. The van der Waals surface area contributed by atoms with E-state index in [1.165, 1.54) is 12.8 Å². The molecule has 2 aliphatic rings. The summed E-state index contributed by atoms with van der Waals surface area (Å²) in [4.78, 5) is 11.9. The fourth-order valence-corrected chi connectivity index (χ4v) is 2.86. The van der Waals surface area contributed by atoms with E-state index in [0.29, 0.717) is 11.8 Å². The molecule has 3 heteroatoms. The highest BCUT2D eigenvalue weighted by Gasteiger charge is 2.60. The summed E-state index contributed by atoms with van der Waals surface area (Å²) >= 11 is 0. The highest BCUT2D eigenvalue weighted by atomic mass is 16.6. The second-order valence-electron chi connectivity index (χ2n) is 6.71. The van der Waals surface area contributed by atoms with Gasteiger partial charge in [0.2, 0.25) is 0 Å². The third kappa shape index (κ3) is 2.10. The Hall–Kier alpha value is -0.570. The second-order valence-corrected chi connectivity index (χ2v) is 6.71. The number of carbonyl (C=O) groups is 1. The molecule has 1 atom stereocenters. The molecule has 1 spiro atoms. The summed E-state index contributed by atoms with van der Waals surface area (Å²) < 4.78 is 5.42. The standard InChI is InChI=1S/C13H23NO2/c1-11(2,3)16-10(15)7-12(4)8-14-9-13(12)5-6-13/h14H,5-9H2,1-4H3. The molecule has 3 nitrogen and oxygen atoms in total. The van der Waals surface area contributed by atoms with Gasteiger partial charge in [0.05, 0.1) is 6.42 Å². The van der Waals surface area contributed by atoms with Crippen LogP contribution in [0.3, 0.4) is 0 Å². The topological polar surface area (TPSA) is 38.3 Å². The van der Waals surface area contributed by atoms with E-state index in [4.69, 9.17) is 4.74 Å². The van der Waals surface area contributed by atoms with Gasteiger partial charge in [-0.3, -0.25) is 4.79 Å². The maximum absolute atomic E-state index is 11.9. The van der Waals surface area contributed by atoms with Gasteiger partial charge in [-0.25, -0.2) is 0 Å². The van der Waals surface area contributed by atoms with Crippen LogP contribution in [0.4, 0.5) is 0 Å². The van der Waals surface area contributed by atoms with E-state index in [1.807, 2.05) is 20.8 Å². The van der Waals surface area contributed by atoms with Gasteiger partial charge in [0.15, 0.2) is 0 Å². The van der Waals surface area contributed by atoms with Crippen LogP contribution in [-0.4, -0.2) is 24.7 Å². The smallest absolute Gasteiger partial charge is 0.306 e. The molecule has 0 aromatic rings. The first kappa shape index (κ1) is 11.9. The van der Waals surface area contributed by atoms with Crippen molar-refractivity contribution in [2.75, 3.05) is 13.1 Å². The first-order valence-corrected chi connectivity index (χ1v) is 6.19. The Morgan fingerprint density at radius 2 is 1.94 bits per heavy atom. The highest BCUT2D eigenvalue weighted by Crippen LogP contribution is 2.62. The molecule has 0 aromatic heterocycles. The molecule has 1 saturated carbocycles. The summed E-state index contributed by atoms with van der Waals surface area (Å²) in [5, 5.41) is 3.43. The molecule has 0 radical (unpaired) electrons. The fraction of sp³-hybridized carbons (Fsp3) is 0.923. The third-order valence-corrected chi connectivity index (χ3v) is 4.07. The van der Waals surface area contributed by atoms with Crippen molar-refractivity contribution in [2.45, 2.75) is 52.6 Å². The third-order valence-electron chi connectivity index (χ3n) is 4.07. The lowest BCUT2D eigenvalue weighted by atomic mass is 9.74. The second kappa shape index (κ2) is 3.46. The summed E-state index contributed by atoms with van der Waals surface area (Å²) in [6.07, 6.45) is 3.08. The number of esters is 1. The van der Waals surface area contributed by atoms with E-state index in [0.717, 1.165) is 13.1 Å². The molecule has 92 valence electrons. The van der Waals surface area contributed by atoms with Crippen LogP contribution in [0.25, 0.3) is 0 Å². The van der Waals surface area contributed by atoms with E-state index in [9.17, 15) is 4.79 Å².